The summed E-state index contributed by atoms with van der Waals surface area (Å²) in [5, 5.41) is 2.53. The zero-order valence-electron chi connectivity index (χ0n) is 15.0. The second kappa shape index (κ2) is 8.30. The molecule has 0 radical (unpaired) electrons. The highest BCUT2D eigenvalue weighted by Gasteiger charge is 2.39. The smallest absolute Gasteiger partial charge is 0.352 e. The number of rotatable bonds is 6. The highest BCUT2D eigenvalue weighted by Crippen LogP contribution is 2.50. The van der Waals surface area contributed by atoms with Crippen LogP contribution in [0.4, 0.5) is 13.2 Å². The van der Waals surface area contributed by atoms with Gasteiger partial charge in [0.05, 0.1) is 10.6 Å². The van der Waals surface area contributed by atoms with E-state index in [1.807, 2.05) is 32.9 Å². The van der Waals surface area contributed by atoms with Crippen LogP contribution in [0, 0.1) is 11.8 Å². The van der Waals surface area contributed by atoms with Crippen LogP contribution < -0.4 is 5.32 Å². The van der Waals surface area contributed by atoms with E-state index < -0.39 is 11.7 Å². The number of alkyl halides is 3. The number of amides is 1. The van der Waals surface area contributed by atoms with Crippen LogP contribution in [-0.4, -0.2) is 12.5 Å². The number of hydrogen-bond acceptors (Lipinski definition) is 1. The van der Waals surface area contributed by atoms with E-state index in [1.54, 1.807) is 6.07 Å². The summed E-state index contributed by atoms with van der Waals surface area (Å²) in [6, 6.07) is 4.10. The number of carbonyl (C=O) groups excluding carboxylic acids is 1. The van der Waals surface area contributed by atoms with Crippen molar-refractivity contribution in [2.45, 2.75) is 39.3 Å². The van der Waals surface area contributed by atoms with E-state index in [0.717, 1.165) is 18.1 Å². The van der Waals surface area contributed by atoms with Gasteiger partial charge < -0.3 is 5.32 Å². The lowest BCUT2D eigenvalue weighted by Gasteiger charge is -2.10. The van der Waals surface area contributed by atoms with Crippen LogP contribution >= 0.6 is 11.6 Å². The first kappa shape index (κ1) is 20.6. The second-order valence-corrected chi connectivity index (χ2v) is 7.54. The van der Waals surface area contributed by atoms with Gasteiger partial charge in [-0.1, -0.05) is 43.7 Å². The zero-order chi connectivity index (χ0) is 19.5. The fourth-order valence-electron chi connectivity index (χ4n) is 2.69. The summed E-state index contributed by atoms with van der Waals surface area (Å²) in [6.07, 6.45) is 1.67. The van der Waals surface area contributed by atoms with Gasteiger partial charge in [0, 0.05) is 12.6 Å². The lowest BCUT2D eigenvalue weighted by atomic mass is 10.0. The van der Waals surface area contributed by atoms with Gasteiger partial charge >= 0.3 is 6.18 Å². The first-order valence-corrected chi connectivity index (χ1v) is 8.96. The summed E-state index contributed by atoms with van der Waals surface area (Å²) in [7, 11) is 0. The van der Waals surface area contributed by atoms with Gasteiger partial charge in [-0.25, -0.2) is 0 Å². The van der Waals surface area contributed by atoms with Crippen molar-refractivity contribution in [3.05, 3.63) is 58.1 Å². The second-order valence-electron chi connectivity index (χ2n) is 7.13. The van der Waals surface area contributed by atoms with E-state index in [9.17, 15) is 18.0 Å². The largest absolute Gasteiger partial charge is 0.417 e. The van der Waals surface area contributed by atoms with Gasteiger partial charge in [-0.15, -0.1) is 0 Å². The molecule has 6 heteroatoms. The Balaban J connectivity index is 1.96. The Morgan fingerprint density at radius 1 is 1.38 bits per heavy atom. The molecule has 1 fully saturated rings. The summed E-state index contributed by atoms with van der Waals surface area (Å²) in [5.41, 5.74) is 0.667. The van der Waals surface area contributed by atoms with Crippen molar-refractivity contribution in [1.82, 2.24) is 5.32 Å². The van der Waals surface area contributed by atoms with E-state index in [4.69, 9.17) is 11.6 Å². The number of benzene rings is 1. The number of halogens is 4. The van der Waals surface area contributed by atoms with Crippen molar-refractivity contribution in [2.24, 2.45) is 11.8 Å². The van der Waals surface area contributed by atoms with E-state index in [2.05, 4.69) is 5.32 Å². The average Bonchev–Trinajstić information content (AvgIpc) is 3.30. The Bertz CT molecular complexity index is 722. The minimum atomic E-state index is -4.45. The molecular weight excluding hydrogens is 363 g/mol. The Morgan fingerprint density at radius 2 is 2.08 bits per heavy atom. The van der Waals surface area contributed by atoms with Crippen LogP contribution in [0.1, 0.15) is 44.2 Å². The van der Waals surface area contributed by atoms with Crippen LogP contribution in [0.2, 0.25) is 5.02 Å². The molecule has 0 saturated heterocycles. The number of hydrogen-bond donors (Lipinski definition) is 1. The Hall–Kier alpha value is -1.75. The molecule has 0 heterocycles. The molecule has 1 aliphatic carbocycles. The Kier molecular flexibility index (Phi) is 6.56. The van der Waals surface area contributed by atoms with E-state index >= 15 is 0 Å². The Labute approximate surface area is 157 Å². The standard InChI is InChI=1S/C20H23ClF3NO/c1-12(2)11-25-19(26)8-13(3)4-5-14-9-16(14)15-6-7-18(21)17(10-15)20(22,23)24/h4-8,10,12,14,16H,9,11H2,1-3H3,(H,25,26). The summed E-state index contributed by atoms with van der Waals surface area (Å²) in [4.78, 5) is 11.7. The fraction of sp³-hybridized carbons (Fsp3) is 0.450. The molecule has 1 amide bonds. The number of carbonyl (C=O) groups is 1. The van der Waals surface area contributed by atoms with Gasteiger partial charge in [0.15, 0.2) is 0 Å². The van der Waals surface area contributed by atoms with Gasteiger partial charge in [0.1, 0.15) is 0 Å². The van der Waals surface area contributed by atoms with Gasteiger partial charge in [-0.2, -0.15) is 13.2 Å². The molecule has 0 bridgehead atoms. The summed E-state index contributed by atoms with van der Waals surface area (Å²) in [5.74, 6) is 0.489. The summed E-state index contributed by atoms with van der Waals surface area (Å²) in [6.45, 7) is 6.48. The molecule has 26 heavy (non-hydrogen) atoms. The maximum atomic E-state index is 13.0. The third kappa shape index (κ3) is 5.90. The van der Waals surface area contributed by atoms with Crippen LogP contribution in [-0.2, 0) is 11.0 Å². The fourth-order valence-corrected chi connectivity index (χ4v) is 2.91. The predicted molar refractivity (Wildman–Crippen MR) is 98.0 cm³/mol. The third-order valence-electron chi connectivity index (χ3n) is 4.21. The molecule has 1 aromatic carbocycles. The van der Waals surface area contributed by atoms with Gasteiger partial charge in [0.25, 0.3) is 0 Å². The quantitative estimate of drug-likeness (QED) is 0.491. The number of nitrogens with one attached hydrogen (secondary N) is 1. The SMILES string of the molecule is CC(C=CC1CC1c1ccc(Cl)c(C(F)(F)F)c1)=CC(=O)NCC(C)C. The Morgan fingerprint density at radius 3 is 2.69 bits per heavy atom. The normalized spacial score (nSPS) is 20.7. The monoisotopic (exact) mass is 385 g/mol. The zero-order valence-corrected chi connectivity index (χ0v) is 15.8. The van der Waals surface area contributed by atoms with Crippen molar-refractivity contribution < 1.29 is 18.0 Å². The molecule has 2 nitrogen and oxygen atoms in total. The predicted octanol–water partition coefficient (Wildman–Crippen LogP) is 5.74. The minimum absolute atomic E-state index is 0.0622. The first-order valence-electron chi connectivity index (χ1n) is 8.59. The van der Waals surface area contributed by atoms with Crippen LogP contribution in [0.15, 0.2) is 42.0 Å². The molecule has 142 valence electrons. The summed E-state index contributed by atoms with van der Waals surface area (Å²) < 4.78 is 38.9. The third-order valence-corrected chi connectivity index (χ3v) is 4.54. The van der Waals surface area contributed by atoms with Crippen molar-refractivity contribution in [2.75, 3.05) is 6.54 Å². The van der Waals surface area contributed by atoms with Crippen molar-refractivity contribution in [3.8, 4) is 0 Å². The van der Waals surface area contributed by atoms with Gasteiger partial charge in [0.2, 0.25) is 5.91 Å². The minimum Gasteiger partial charge on any atom is -0.352 e. The molecule has 1 saturated carbocycles. The molecule has 0 aromatic heterocycles. The first-order chi connectivity index (χ1) is 12.1. The molecule has 2 rings (SSSR count). The lowest BCUT2D eigenvalue weighted by molar-refractivity contribution is -0.137. The lowest BCUT2D eigenvalue weighted by Crippen LogP contribution is -2.25. The molecule has 0 aliphatic heterocycles. The van der Waals surface area contributed by atoms with Crippen LogP contribution in [0.5, 0.6) is 0 Å². The van der Waals surface area contributed by atoms with Crippen molar-refractivity contribution >= 4 is 17.5 Å². The van der Waals surface area contributed by atoms with Crippen LogP contribution in [0.25, 0.3) is 0 Å². The molecule has 2 atom stereocenters. The molecule has 2 unspecified atom stereocenters. The van der Waals surface area contributed by atoms with Crippen LogP contribution in [0.3, 0.4) is 0 Å². The molecule has 1 aliphatic rings. The molecule has 1 aromatic rings. The molecule has 1 N–H and O–H groups in total. The molecular formula is C20H23ClF3NO. The van der Waals surface area contributed by atoms with Crippen molar-refractivity contribution in [3.63, 3.8) is 0 Å². The van der Waals surface area contributed by atoms with Gasteiger partial charge in [-0.3, -0.25) is 4.79 Å². The van der Waals surface area contributed by atoms with E-state index in [1.165, 1.54) is 12.1 Å². The van der Waals surface area contributed by atoms with E-state index in [-0.39, 0.29) is 22.8 Å². The summed E-state index contributed by atoms with van der Waals surface area (Å²) >= 11 is 5.66. The maximum absolute atomic E-state index is 13.0. The average molecular weight is 386 g/mol. The van der Waals surface area contributed by atoms with Crippen molar-refractivity contribution in [1.29, 1.82) is 0 Å². The van der Waals surface area contributed by atoms with Gasteiger partial charge in [-0.05, 0) is 54.4 Å². The maximum Gasteiger partial charge on any atom is 0.417 e. The topological polar surface area (TPSA) is 29.1 Å². The van der Waals surface area contributed by atoms with E-state index in [0.29, 0.717) is 18.0 Å². The highest BCUT2D eigenvalue weighted by molar-refractivity contribution is 6.31. The number of allylic oxidation sites excluding steroid dienone is 3. The highest BCUT2D eigenvalue weighted by atomic mass is 35.5. The molecule has 0 spiro atoms.